The van der Waals surface area contributed by atoms with Crippen molar-refractivity contribution >= 4 is 11.9 Å². The average Bonchev–Trinajstić information content (AvgIpc) is 2.27. The number of pyridine rings is 1. The second kappa shape index (κ2) is 4.33. The summed E-state index contributed by atoms with van der Waals surface area (Å²) in [6.07, 6.45) is 0. The smallest absolute Gasteiger partial charge is 0.356 e. The van der Waals surface area contributed by atoms with Gasteiger partial charge in [-0.1, -0.05) is 6.07 Å². The standard InChI is InChI=1S/C8H9N3O3/c1-14-8(13)6-4-2-3-5(10-6)7(12)11-9/h2-4H,9H2,1H3,(H,11,12). The van der Waals surface area contributed by atoms with E-state index in [0.29, 0.717) is 0 Å². The SMILES string of the molecule is COC(=O)c1cccc(C(=O)NN)n1. The largest absolute Gasteiger partial charge is 0.464 e. The summed E-state index contributed by atoms with van der Waals surface area (Å²) in [5.74, 6) is 3.75. The van der Waals surface area contributed by atoms with Crippen molar-refractivity contribution in [3.8, 4) is 0 Å². The zero-order chi connectivity index (χ0) is 10.6. The molecule has 0 aliphatic heterocycles. The van der Waals surface area contributed by atoms with Gasteiger partial charge in [0.2, 0.25) is 0 Å². The first-order valence-electron chi connectivity index (χ1n) is 3.75. The van der Waals surface area contributed by atoms with E-state index >= 15 is 0 Å². The zero-order valence-corrected chi connectivity index (χ0v) is 7.48. The summed E-state index contributed by atoms with van der Waals surface area (Å²) in [6, 6.07) is 4.40. The lowest BCUT2D eigenvalue weighted by Gasteiger charge is -2.01. The quantitative estimate of drug-likeness (QED) is 0.286. The molecule has 0 saturated heterocycles. The lowest BCUT2D eigenvalue weighted by Crippen LogP contribution is -2.31. The van der Waals surface area contributed by atoms with Crippen LogP contribution >= 0.6 is 0 Å². The molecule has 0 atom stereocenters. The van der Waals surface area contributed by atoms with Crippen LogP contribution in [0.25, 0.3) is 0 Å². The number of hydrogen-bond donors (Lipinski definition) is 2. The fourth-order valence-corrected chi connectivity index (χ4v) is 0.853. The van der Waals surface area contributed by atoms with E-state index in [-0.39, 0.29) is 11.4 Å². The van der Waals surface area contributed by atoms with Gasteiger partial charge in [-0.3, -0.25) is 10.2 Å². The van der Waals surface area contributed by atoms with Crippen molar-refractivity contribution in [2.45, 2.75) is 0 Å². The molecule has 3 N–H and O–H groups in total. The van der Waals surface area contributed by atoms with Gasteiger partial charge in [0.25, 0.3) is 5.91 Å². The Bertz CT molecular complexity index is 333. The minimum Gasteiger partial charge on any atom is -0.464 e. The fraction of sp³-hybridized carbons (Fsp3) is 0.125. The average molecular weight is 195 g/mol. The molecule has 14 heavy (non-hydrogen) atoms. The number of ether oxygens (including phenoxy) is 1. The maximum Gasteiger partial charge on any atom is 0.356 e. The van der Waals surface area contributed by atoms with Crippen molar-refractivity contribution in [3.05, 3.63) is 29.6 Å². The lowest BCUT2D eigenvalue weighted by molar-refractivity contribution is 0.0594. The van der Waals surface area contributed by atoms with E-state index in [4.69, 9.17) is 5.84 Å². The molecule has 1 amide bonds. The fourth-order valence-electron chi connectivity index (χ4n) is 0.853. The highest BCUT2D eigenvalue weighted by molar-refractivity contribution is 5.94. The van der Waals surface area contributed by atoms with Gasteiger partial charge in [-0.2, -0.15) is 0 Å². The number of methoxy groups -OCH3 is 1. The van der Waals surface area contributed by atoms with Gasteiger partial charge < -0.3 is 4.74 Å². The number of hydrazine groups is 1. The van der Waals surface area contributed by atoms with E-state index in [0.717, 1.165) is 0 Å². The van der Waals surface area contributed by atoms with Gasteiger partial charge in [-0.25, -0.2) is 15.6 Å². The topological polar surface area (TPSA) is 94.3 Å². The second-order valence-electron chi connectivity index (χ2n) is 2.37. The van der Waals surface area contributed by atoms with Crippen molar-refractivity contribution in [2.24, 2.45) is 5.84 Å². The number of amides is 1. The van der Waals surface area contributed by atoms with E-state index in [2.05, 4.69) is 9.72 Å². The van der Waals surface area contributed by atoms with Crippen LogP contribution in [0.4, 0.5) is 0 Å². The predicted octanol–water partition coefficient (Wildman–Crippen LogP) is -0.528. The Hall–Kier alpha value is -1.95. The zero-order valence-electron chi connectivity index (χ0n) is 7.48. The van der Waals surface area contributed by atoms with Gasteiger partial charge in [-0.05, 0) is 12.1 Å². The van der Waals surface area contributed by atoms with E-state index in [1.807, 2.05) is 5.43 Å². The number of rotatable bonds is 2. The third-order valence-corrected chi connectivity index (χ3v) is 1.51. The molecule has 0 bridgehead atoms. The molecular formula is C8H9N3O3. The Morgan fingerprint density at radius 2 is 2.07 bits per heavy atom. The molecule has 0 unspecified atom stereocenters. The second-order valence-corrected chi connectivity index (χ2v) is 2.37. The van der Waals surface area contributed by atoms with Crippen LogP contribution in [0.3, 0.4) is 0 Å². The molecular weight excluding hydrogens is 186 g/mol. The van der Waals surface area contributed by atoms with Crippen molar-refractivity contribution in [1.29, 1.82) is 0 Å². The molecule has 0 radical (unpaired) electrons. The van der Waals surface area contributed by atoms with E-state index < -0.39 is 11.9 Å². The Kier molecular flexibility index (Phi) is 3.14. The van der Waals surface area contributed by atoms with Crippen LogP contribution in [0.1, 0.15) is 21.0 Å². The molecule has 0 aliphatic rings. The highest BCUT2D eigenvalue weighted by atomic mass is 16.5. The normalized spacial score (nSPS) is 9.29. The molecule has 0 spiro atoms. The summed E-state index contributed by atoms with van der Waals surface area (Å²) in [5.41, 5.74) is 2.04. The minimum absolute atomic E-state index is 0.0635. The molecule has 0 saturated carbocycles. The number of aromatic nitrogens is 1. The third-order valence-electron chi connectivity index (χ3n) is 1.51. The van der Waals surface area contributed by atoms with Crippen LogP contribution < -0.4 is 11.3 Å². The van der Waals surface area contributed by atoms with Crippen LogP contribution in [-0.4, -0.2) is 24.0 Å². The first-order chi connectivity index (χ1) is 6.69. The molecule has 0 aromatic carbocycles. The van der Waals surface area contributed by atoms with Crippen molar-refractivity contribution in [2.75, 3.05) is 7.11 Å². The molecule has 0 fully saturated rings. The van der Waals surface area contributed by atoms with Crippen LogP contribution in [0.5, 0.6) is 0 Å². The number of esters is 1. The van der Waals surface area contributed by atoms with E-state index in [1.54, 1.807) is 0 Å². The molecule has 1 aromatic rings. The third kappa shape index (κ3) is 2.05. The van der Waals surface area contributed by atoms with E-state index in [1.165, 1.54) is 25.3 Å². The number of nitrogen functional groups attached to an aromatic ring is 1. The van der Waals surface area contributed by atoms with E-state index in [9.17, 15) is 9.59 Å². The number of nitrogens with zero attached hydrogens (tertiary/aromatic N) is 1. The summed E-state index contributed by atoms with van der Waals surface area (Å²) in [6.45, 7) is 0. The first-order valence-corrected chi connectivity index (χ1v) is 3.75. The van der Waals surface area contributed by atoms with Gasteiger partial charge in [0, 0.05) is 0 Å². The maximum atomic E-state index is 11.0. The summed E-state index contributed by atoms with van der Waals surface area (Å²) in [7, 11) is 1.24. The summed E-state index contributed by atoms with van der Waals surface area (Å²) in [4.78, 5) is 25.8. The van der Waals surface area contributed by atoms with Gasteiger partial charge >= 0.3 is 5.97 Å². The monoisotopic (exact) mass is 195 g/mol. The van der Waals surface area contributed by atoms with Crippen LogP contribution in [-0.2, 0) is 4.74 Å². The molecule has 74 valence electrons. The first kappa shape index (κ1) is 10.1. The van der Waals surface area contributed by atoms with Crippen molar-refractivity contribution in [1.82, 2.24) is 10.4 Å². The Morgan fingerprint density at radius 1 is 1.43 bits per heavy atom. The molecule has 0 aliphatic carbocycles. The number of carbonyl (C=O) groups excluding carboxylic acids is 2. The number of nitrogens with two attached hydrogens (primary N) is 1. The Balaban J connectivity index is 3.01. The summed E-state index contributed by atoms with van der Waals surface area (Å²) >= 11 is 0. The Labute approximate surface area is 80.0 Å². The van der Waals surface area contributed by atoms with Crippen molar-refractivity contribution < 1.29 is 14.3 Å². The minimum atomic E-state index is -0.600. The van der Waals surface area contributed by atoms with Gasteiger partial charge in [0.1, 0.15) is 11.4 Å². The molecule has 6 nitrogen and oxygen atoms in total. The van der Waals surface area contributed by atoms with Crippen molar-refractivity contribution in [3.63, 3.8) is 0 Å². The Morgan fingerprint density at radius 3 is 2.64 bits per heavy atom. The number of nitrogens with one attached hydrogen (secondary N) is 1. The van der Waals surface area contributed by atoms with Crippen LogP contribution in [0.15, 0.2) is 18.2 Å². The molecule has 1 heterocycles. The van der Waals surface area contributed by atoms with Gasteiger partial charge in [0.15, 0.2) is 0 Å². The van der Waals surface area contributed by atoms with Crippen LogP contribution in [0.2, 0.25) is 0 Å². The highest BCUT2D eigenvalue weighted by Gasteiger charge is 2.10. The number of hydrogen-bond acceptors (Lipinski definition) is 5. The lowest BCUT2D eigenvalue weighted by atomic mass is 10.3. The molecule has 1 aromatic heterocycles. The van der Waals surface area contributed by atoms with Gasteiger partial charge in [-0.15, -0.1) is 0 Å². The maximum absolute atomic E-state index is 11.0. The molecule has 1 rings (SSSR count). The number of carbonyl (C=O) groups is 2. The predicted molar refractivity (Wildman–Crippen MR) is 47.2 cm³/mol. The van der Waals surface area contributed by atoms with Gasteiger partial charge in [0.05, 0.1) is 7.11 Å². The summed E-state index contributed by atoms with van der Waals surface area (Å²) < 4.78 is 4.44. The molecule has 6 heteroatoms. The highest BCUT2D eigenvalue weighted by Crippen LogP contribution is 2.00. The summed E-state index contributed by atoms with van der Waals surface area (Å²) in [5, 5.41) is 0. The van der Waals surface area contributed by atoms with Crippen LogP contribution in [0, 0.1) is 0 Å².